The second-order valence-electron chi connectivity index (χ2n) is 7.21. The summed E-state index contributed by atoms with van der Waals surface area (Å²) in [5.41, 5.74) is 3.51. The lowest BCUT2D eigenvalue weighted by atomic mass is 10.0. The van der Waals surface area contributed by atoms with Crippen LogP contribution < -0.4 is 5.32 Å². The van der Waals surface area contributed by atoms with Crippen molar-refractivity contribution in [2.75, 3.05) is 19.6 Å². The van der Waals surface area contributed by atoms with Gasteiger partial charge in [-0.25, -0.2) is 4.98 Å². The predicted molar refractivity (Wildman–Crippen MR) is 105 cm³/mol. The summed E-state index contributed by atoms with van der Waals surface area (Å²) in [6, 6.07) is 8.11. The monoisotopic (exact) mass is 363 g/mol. The van der Waals surface area contributed by atoms with Crippen LogP contribution in [-0.4, -0.2) is 44.8 Å². The van der Waals surface area contributed by atoms with E-state index in [9.17, 15) is 4.79 Å². The molecule has 140 valence electrons. The normalized spacial score (nSPS) is 16.3. The zero-order chi connectivity index (χ0) is 18.6. The standard InChI is InChI=1S/C21H25N5O/c1-16-7-8-20-24-18(15-26(20)14-16)21(27)23-13-19(17-6-5-9-22-12-17)25-10-3-2-4-11-25/h5-9,12,14-15,19H,2-4,10-11,13H2,1H3,(H,23,27)/t19-/m1/s1. The summed E-state index contributed by atoms with van der Waals surface area (Å²) < 4.78 is 1.90. The first-order valence-corrected chi connectivity index (χ1v) is 9.58. The third-order valence-corrected chi connectivity index (χ3v) is 5.19. The Morgan fingerprint density at radius 2 is 2.04 bits per heavy atom. The summed E-state index contributed by atoms with van der Waals surface area (Å²) in [7, 11) is 0. The number of likely N-dealkylation sites (tertiary alicyclic amines) is 1. The van der Waals surface area contributed by atoms with Crippen LogP contribution in [-0.2, 0) is 0 Å². The zero-order valence-corrected chi connectivity index (χ0v) is 15.6. The molecule has 3 aromatic rings. The lowest BCUT2D eigenvalue weighted by molar-refractivity contribution is 0.0920. The van der Waals surface area contributed by atoms with Crippen LogP contribution in [0, 0.1) is 6.92 Å². The van der Waals surface area contributed by atoms with E-state index in [0.717, 1.165) is 29.9 Å². The van der Waals surface area contributed by atoms with Crippen LogP contribution in [0.15, 0.2) is 49.1 Å². The lowest BCUT2D eigenvalue weighted by Gasteiger charge is -2.34. The van der Waals surface area contributed by atoms with Crippen molar-refractivity contribution in [1.29, 1.82) is 0 Å². The number of carbonyl (C=O) groups is 1. The van der Waals surface area contributed by atoms with Crippen molar-refractivity contribution in [2.24, 2.45) is 0 Å². The fourth-order valence-electron chi connectivity index (χ4n) is 3.75. The number of nitrogens with one attached hydrogen (secondary N) is 1. The highest BCUT2D eigenvalue weighted by molar-refractivity contribution is 5.92. The van der Waals surface area contributed by atoms with E-state index in [1.165, 1.54) is 19.3 Å². The number of rotatable bonds is 5. The number of piperidine rings is 1. The molecule has 1 amide bonds. The van der Waals surface area contributed by atoms with Gasteiger partial charge in [-0.2, -0.15) is 0 Å². The quantitative estimate of drug-likeness (QED) is 0.757. The van der Waals surface area contributed by atoms with Crippen molar-refractivity contribution < 1.29 is 4.79 Å². The van der Waals surface area contributed by atoms with Gasteiger partial charge in [0.2, 0.25) is 0 Å². The van der Waals surface area contributed by atoms with E-state index in [4.69, 9.17) is 0 Å². The molecule has 1 aliphatic heterocycles. The molecule has 6 nitrogen and oxygen atoms in total. The van der Waals surface area contributed by atoms with Crippen LogP contribution in [0.1, 0.15) is 46.9 Å². The molecule has 1 saturated heterocycles. The van der Waals surface area contributed by atoms with Crippen molar-refractivity contribution in [3.63, 3.8) is 0 Å². The first-order chi connectivity index (χ1) is 13.2. The highest BCUT2D eigenvalue weighted by Gasteiger charge is 2.23. The number of hydrogen-bond acceptors (Lipinski definition) is 4. The fraction of sp³-hybridized carbons (Fsp3) is 0.381. The van der Waals surface area contributed by atoms with Crippen LogP contribution >= 0.6 is 0 Å². The van der Waals surface area contributed by atoms with Crippen molar-refractivity contribution in [3.05, 3.63) is 65.9 Å². The Hall–Kier alpha value is -2.73. The molecule has 4 heterocycles. The molecular formula is C21H25N5O. The number of nitrogens with zero attached hydrogens (tertiary/aromatic N) is 4. The Balaban J connectivity index is 1.49. The Bertz CT molecular complexity index is 915. The summed E-state index contributed by atoms with van der Waals surface area (Å²) in [5.74, 6) is -0.137. The Morgan fingerprint density at radius 1 is 1.19 bits per heavy atom. The number of carbonyl (C=O) groups excluding carboxylic acids is 1. The molecule has 0 aromatic carbocycles. The molecule has 1 N–H and O–H groups in total. The topological polar surface area (TPSA) is 62.5 Å². The van der Waals surface area contributed by atoms with Gasteiger partial charge in [-0.15, -0.1) is 0 Å². The van der Waals surface area contributed by atoms with Gasteiger partial charge in [0.25, 0.3) is 5.91 Å². The second kappa shape index (κ2) is 7.88. The highest BCUT2D eigenvalue weighted by atomic mass is 16.1. The van der Waals surface area contributed by atoms with Crippen molar-refractivity contribution in [2.45, 2.75) is 32.2 Å². The number of aryl methyl sites for hydroxylation is 1. The molecule has 4 rings (SSSR count). The van der Waals surface area contributed by atoms with Crippen molar-refractivity contribution >= 4 is 11.6 Å². The summed E-state index contributed by atoms with van der Waals surface area (Å²) in [6.45, 7) is 4.69. The smallest absolute Gasteiger partial charge is 0.271 e. The molecule has 6 heteroatoms. The number of aromatic nitrogens is 3. The van der Waals surface area contributed by atoms with E-state index >= 15 is 0 Å². The zero-order valence-electron chi connectivity index (χ0n) is 15.6. The predicted octanol–water partition coefficient (Wildman–Crippen LogP) is 2.99. The minimum Gasteiger partial charge on any atom is -0.349 e. The van der Waals surface area contributed by atoms with Crippen LogP contribution in [0.4, 0.5) is 0 Å². The molecule has 1 fully saturated rings. The summed E-state index contributed by atoms with van der Waals surface area (Å²) in [6.07, 6.45) is 11.1. The van der Waals surface area contributed by atoms with E-state index in [-0.39, 0.29) is 11.9 Å². The summed E-state index contributed by atoms with van der Waals surface area (Å²) in [5, 5.41) is 3.09. The fourth-order valence-corrected chi connectivity index (χ4v) is 3.75. The molecule has 0 aliphatic carbocycles. The Labute approximate surface area is 159 Å². The molecule has 3 aromatic heterocycles. The van der Waals surface area contributed by atoms with Gasteiger partial charge in [0.1, 0.15) is 11.3 Å². The van der Waals surface area contributed by atoms with Gasteiger partial charge in [-0.3, -0.25) is 14.7 Å². The molecule has 0 radical (unpaired) electrons. The van der Waals surface area contributed by atoms with E-state index in [0.29, 0.717) is 12.2 Å². The van der Waals surface area contributed by atoms with Gasteiger partial charge >= 0.3 is 0 Å². The first kappa shape index (κ1) is 17.7. The van der Waals surface area contributed by atoms with Crippen LogP contribution in [0.3, 0.4) is 0 Å². The molecule has 27 heavy (non-hydrogen) atoms. The highest BCUT2D eigenvalue weighted by Crippen LogP contribution is 2.23. The molecule has 0 bridgehead atoms. The van der Waals surface area contributed by atoms with Crippen LogP contribution in [0.5, 0.6) is 0 Å². The maximum Gasteiger partial charge on any atom is 0.271 e. The van der Waals surface area contributed by atoms with E-state index in [1.807, 2.05) is 41.9 Å². The summed E-state index contributed by atoms with van der Waals surface area (Å²) in [4.78, 5) is 23.9. The number of imidazole rings is 1. The van der Waals surface area contributed by atoms with Crippen molar-refractivity contribution in [1.82, 2.24) is 24.6 Å². The molecule has 0 unspecified atom stereocenters. The third kappa shape index (κ3) is 4.01. The Kier molecular flexibility index (Phi) is 5.16. The number of hydrogen-bond donors (Lipinski definition) is 1. The van der Waals surface area contributed by atoms with Gasteiger partial charge in [0.15, 0.2) is 0 Å². The number of amides is 1. The van der Waals surface area contributed by atoms with E-state index in [1.54, 1.807) is 12.4 Å². The van der Waals surface area contributed by atoms with Gasteiger partial charge in [-0.05, 0) is 56.1 Å². The van der Waals surface area contributed by atoms with Gasteiger partial charge in [-0.1, -0.05) is 18.6 Å². The van der Waals surface area contributed by atoms with Crippen LogP contribution in [0.2, 0.25) is 0 Å². The van der Waals surface area contributed by atoms with Crippen molar-refractivity contribution in [3.8, 4) is 0 Å². The lowest BCUT2D eigenvalue weighted by Crippen LogP contribution is -2.40. The van der Waals surface area contributed by atoms with E-state index < -0.39 is 0 Å². The van der Waals surface area contributed by atoms with E-state index in [2.05, 4.69) is 26.3 Å². The molecule has 0 saturated carbocycles. The maximum absolute atomic E-state index is 12.7. The third-order valence-electron chi connectivity index (χ3n) is 5.19. The SMILES string of the molecule is Cc1ccc2nc(C(=O)NC[C@H](c3cccnc3)N3CCCCC3)cn2c1. The number of fused-ring (bicyclic) bond motifs is 1. The first-order valence-electron chi connectivity index (χ1n) is 9.58. The summed E-state index contributed by atoms with van der Waals surface area (Å²) >= 11 is 0. The Morgan fingerprint density at radius 3 is 2.81 bits per heavy atom. The van der Waals surface area contributed by atoms with Crippen LogP contribution in [0.25, 0.3) is 5.65 Å². The number of pyridine rings is 2. The minimum absolute atomic E-state index is 0.137. The average Bonchev–Trinajstić information content (AvgIpc) is 3.13. The van der Waals surface area contributed by atoms with Gasteiger partial charge in [0, 0.05) is 31.3 Å². The molecule has 1 aliphatic rings. The average molecular weight is 363 g/mol. The molecule has 1 atom stereocenters. The molecule has 0 spiro atoms. The second-order valence-corrected chi connectivity index (χ2v) is 7.21. The van der Waals surface area contributed by atoms with Gasteiger partial charge in [0.05, 0.1) is 6.04 Å². The maximum atomic E-state index is 12.7. The minimum atomic E-state index is -0.137. The molecular weight excluding hydrogens is 338 g/mol. The largest absolute Gasteiger partial charge is 0.349 e. The van der Waals surface area contributed by atoms with Gasteiger partial charge < -0.3 is 9.72 Å².